The van der Waals surface area contributed by atoms with Crippen molar-refractivity contribution in [3.05, 3.63) is 0 Å². The Labute approximate surface area is 128 Å². The second kappa shape index (κ2) is 13.2. The van der Waals surface area contributed by atoms with Crippen LogP contribution < -0.4 is 0 Å². The molecule has 0 radical (unpaired) electrons. The minimum Gasteiger partial charge on any atom is -0.349 e. The molecule has 0 unspecified atom stereocenters. The Kier molecular flexibility index (Phi) is 16.0. The fraction of sp³-hybridized carbons (Fsp3) is 0.917. The summed E-state index contributed by atoms with van der Waals surface area (Å²) in [4.78, 5) is 11.6. The van der Waals surface area contributed by atoms with Crippen LogP contribution in [0.25, 0.3) is 0 Å². The molecule has 0 saturated carbocycles. The first-order chi connectivity index (χ1) is 9.45. The zero-order chi connectivity index (χ0) is 17.7. The van der Waals surface area contributed by atoms with Gasteiger partial charge in [-0.3, -0.25) is 9.36 Å². The summed E-state index contributed by atoms with van der Waals surface area (Å²) in [6.45, 7) is 4.62. The van der Waals surface area contributed by atoms with Gasteiger partial charge in [0.1, 0.15) is 0 Å². The largest absolute Gasteiger partial charge is 0.349 e. The molecule has 0 aromatic rings. The van der Waals surface area contributed by atoms with E-state index in [0.29, 0.717) is 0 Å². The fourth-order valence-corrected chi connectivity index (χ4v) is 0.474. The number of carbonyl (C=O) groups excluding carboxylic acids is 1. The quantitative estimate of drug-likeness (QED) is 0.561. The first-order valence-corrected chi connectivity index (χ1v) is 7.96. The zero-order valence-corrected chi connectivity index (χ0v) is 15.6. The van der Waals surface area contributed by atoms with Crippen molar-refractivity contribution in [1.29, 1.82) is 0 Å². The second-order valence-corrected chi connectivity index (χ2v) is 6.30. The van der Waals surface area contributed by atoms with E-state index >= 15 is 0 Å². The Morgan fingerprint density at radius 1 is 0.952 bits per heavy atom. The predicted octanol–water partition coefficient (Wildman–Crippen LogP) is 1.80. The molecule has 0 aromatic carbocycles. The maximum absolute atomic E-state index is 10.5. The number of hydrogen-bond acceptors (Lipinski definition) is 7. The van der Waals surface area contributed by atoms with Crippen molar-refractivity contribution in [3.63, 3.8) is 0 Å². The first-order valence-electron chi connectivity index (χ1n) is 5.97. The van der Waals surface area contributed by atoms with Gasteiger partial charge in [0.25, 0.3) is 5.97 Å². The molecule has 8 nitrogen and oxygen atoms in total. The van der Waals surface area contributed by atoms with Crippen molar-refractivity contribution in [2.75, 3.05) is 56.3 Å². The molecule has 0 aliphatic rings. The topological polar surface area (TPSA) is 83.5 Å². The van der Waals surface area contributed by atoms with E-state index < -0.39 is 13.6 Å². The van der Waals surface area contributed by atoms with Gasteiger partial charge in [-0.25, -0.2) is 0 Å². The van der Waals surface area contributed by atoms with E-state index in [2.05, 4.69) is 9.05 Å². The van der Waals surface area contributed by atoms with Crippen molar-refractivity contribution in [1.82, 2.24) is 4.90 Å². The van der Waals surface area contributed by atoms with E-state index in [1.54, 1.807) is 21.0 Å². The normalized spacial score (nSPS) is 10.8. The van der Waals surface area contributed by atoms with Crippen LogP contribution in [0.2, 0.25) is 0 Å². The van der Waals surface area contributed by atoms with Crippen LogP contribution in [0.5, 0.6) is 0 Å². The van der Waals surface area contributed by atoms with Crippen molar-refractivity contribution in [2.45, 2.75) is 19.8 Å². The molecule has 0 saturated heterocycles. The Morgan fingerprint density at radius 3 is 1.19 bits per heavy atom. The number of ether oxygens (including phenoxy) is 3. The fourth-order valence-electron chi connectivity index (χ4n) is 0.325. The van der Waals surface area contributed by atoms with Gasteiger partial charge in [-0.2, -0.15) is 0 Å². The Bertz CT molecular complexity index is 290. The van der Waals surface area contributed by atoms with E-state index in [9.17, 15) is 9.36 Å². The number of nitrogens with zero attached hydrogens (tertiary/aromatic N) is 1. The van der Waals surface area contributed by atoms with Gasteiger partial charge < -0.3 is 28.2 Å². The molecule has 0 aromatic heterocycles. The molecule has 0 atom stereocenters. The van der Waals surface area contributed by atoms with Gasteiger partial charge in [0.05, 0.1) is 0 Å². The first kappa shape index (κ1) is 25.5. The van der Waals surface area contributed by atoms with Gasteiger partial charge in [0.15, 0.2) is 0 Å². The van der Waals surface area contributed by atoms with Crippen molar-refractivity contribution < 1.29 is 32.6 Å². The third kappa shape index (κ3) is 17.4. The number of rotatable bonds is 5. The van der Waals surface area contributed by atoms with Gasteiger partial charge in [0, 0.05) is 70.2 Å². The average molecular weight is 331 g/mol. The molecule has 21 heavy (non-hydrogen) atoms. The highest BCUT2D eigenvalue weighted by atomic mass is 31.2. The van der Waals surface area contributed by atoms with Crippen LogP contribution in [-0.2, 0) is 32.6 Å². The van der Waals surface area contributed by atoms with Gasteiger partial charge in [-0.15, -0.1) is 0 Å². The molecule has 0 bridgehead atoms. The predicted molar refractivity (Wildman–Crippen MR) is 81.3 cm³/mol. The lowest BCUT2D eigenvalue weighted by molar-refractivity contribution is -0.340. The average Bonchev–Trinajstić information content (AvgIpc) is 2.47. The molecule has 0 fully saturated rings. The zero-order valence-electron chi connectivity index (χ0n) is 14.8. The molecular formula is C12H30NO7P. The molecule has 130 valence electrons. The number of carbonyl (C=O) groups is 1. The number of methoxy groups -OCH3 is 3. The highest BCUT2D eigenvalue weighted by molar-refractivity contribution is 7.52. The summed E-state index contributed by atoms with van der Waals surface area (Å²) in [5.74, 6) is -0.782. The summed E-state index contributed by atoms with van der Waals surface area (Å²) in [6.07, 6.45) is 0. The maximum Gasteiger partial charge on any atom is 0.327 e. The smallest absolute Gasteiger partial charge is 0.327 e. The van der Waals surface area contributed by atoms with E-state index in [-0.39, 0.29) is 5.91 Å². The van der Waals surface area contributed by atoms with Crippen LogP contribution in [0.3, 0.4) is 0 Å². The molecule has 0 aliphatic carbocycles. The van der Waals surface area contributed by atoms with Crippen LogP contribution in [0, 0.1) is 0 Å². The van der Waals surface area contributed by atoms with E-state index in [0.717, 1.165) is 0 Å². The van der Waals surface area contributed by atoms with Crippen LogP contribution in [0.1, 0.15) is 13.8 Å². The molecule has 9 heteroatoms. The van der Waals surface area contributed by atoms with Crippen LogP contribution in [0.15, 0.2) is 0 Å². The summed E-state index contributed by atoms with van der Waals surface area (Å²) in [5.41, 5.74) is 0. The van der Waals surface area contributed by atoms with Gasteiger partial charge >= 0.3 is 7.60 Å². The highest BCUT2D eigenvalue weighted by Crippen LogP contribution is 2.40. The Hall–Kier alpha value is -0.500. The molecule has 0 heterocycles. The molecule has 0 aliphatic heterocycles. The Balaban J connectivity index is -0.000000234. The van der Waals surface area contributed by atoms with E-state index in [1.165, 1.54) is 54.0 Å². The van der Waals surface area contributed by atoms with Gasteiger partial charge in [-0.05, 0) is 0 Å². The number of amides is 1. The van der Waals surface area contributed by atoms with Gasteiger partial charge in [-0.1, -0.05) is 0 Å². The lowest BCUT2D eigenvalue weighted by Crippen LogP contribution is -2.31. The van der Waals surface area contributed by atoms with Crippen molar-refractivity contribution >= 4 is 13.5 Å². The second-order valence-electron chi connectivity index (χ2n) is 4.02. The summed E-state index contributed by atoms with van der Waals surface area (Å²) >= 11 is 0. The summed E-state index contributed by atoms with van der Waals surface area (Å²) in [7, 11) is 8.06. The summed E-state index contributed by atoms with van der Waals surface area (Å²) in [6, 6.07) is 0. The standard InChI is InChI=1S/C5H12O3.C4H9NO.C3H9O3P/c1-5(6-2,7-3)8-4;1-4(6)5(2)3;1-5-7(3,4)6-2/h1-4H3;1-3H3;1-3H3. The Morgan fingerprint density at radius 2 is 1.19 bits per heavy atom. The van der Waals surface area contributed by atoms with Crippen LogP contribution in [-0.4, -0.2) is 73.1 Å². The van der Waals surface area contributed by atoms with E-state index in [1.807, 2.05) is 0 Å². The summed E-state index contributed by atoms with van der Waals surface area (Å²) in [5, 5.41) is 0. The lowest BCUT2D eigenvalue weighted by Gasteiger charge is -2.23. The third-order valence-electron chi connectivity index (χ3n) is 2.41. The molecule has 0 N–H and O–H groups in total. The number of hydrogen-bond donors (Lipinski definition) is 0. The molecular weight excluding hydrogens is 301 g/mol. The minimum absolute atomic E-state index is 0.0926. The highest BCUT2D eigenvalue weighted by Gasteiger charge is 2.20. The summed E-state index contributed by atoms with van der Waals surface area (Å²) < 4.78 is 33.7. The lowest BCUT2D eigenvalue weighted by atomic mass is 10.6. The molecule has 0 spiro atoms. The van der Waals surface area contributed by atoms with Crippen LogP contribution >= 0.6 is 7.60 Å². The van der Waals surface area contributed by atoms with Crippen LogP contribution in [0.4, 0.5) is 0 Å². The van der Waals surface area contributed by atoms with Gasteiger partial charge in [0.2, 0.25) is 5.91 Å². The minimum atomic E-state index is -2.65. The maximum atomic E-state index is 10.5. The molecule has 0 rings (SSSR count). The molecule has 1 amide bonds. The van der Waals surface area contributed by atoms with Crippen molar-refractivity contribution in [2.24, 2.45) is 0 Å². The van der Waals surface area contributed by atoms with Crippen molar-refractivity contribution in [3.8, 4) is 0 Å². The monoisotopic (exact) mass is 331 g/mol. The van der Waals surface area contributed by atoms with E-state index in [4.69, 9.17) is 14.2 Å². The third-order valence-corrected chi connectivity index (χ3v) is 3.73. The SMILES string of the molecule is CC(=O)N(C)C.COC(C)(OC)OC.COP(C)(=O)OC.